The highest BCUT2D eigenvalue weighted by Gasteiger charge is 2.34. The van der Waals surface area contributed by atoms with Crippen LogP contribution in [-0.4, -0.2) is 25.8 Å². The van der Waals surface area contributed by atoms with E-state index in [-0.39, 0.29) is 23.1 Å². The molecule has 0 amide bonds. The number of Topliss-reactive ketones (excluding diaryl/α,β-unsaturated/α-hetero) is 2. The van der Waals surface area contributed by atoms with Crippen molar-refractivity contribution in [2.24, 2.45) is 0 Å². The average molecular weight is 441 g/mol. The lowest BCUT2D eigenvalue weighted by Crippen LogP contribution is -2.25. The molecular formula is C28H40O4. The van der Waals surface area contributed by atoms with Gasteiger partial charge in [0.2, 0.25) is 23.1 Å². The number of hydrogen-bond acceptors (Lipinski definition) is 4. The zero-order chi connectivity index (χ0) is 23.6. The average Bonchev–Trinajstić information content (AvgIpc) is 2.80. The Labute approximate surface area is 194 Å². The molecule has 0 bridgehead atoms. The molecule has 4 heteroatoms. The molecule has 0 saturated carbocycles. The molecule has 1 aliphatic carbocycles. The first kappa shape index (κ1) is 27.4. The summed E-state index contributed by atoms with van der Waals surface area (Å²) >= 11 is 0. The number of methoxy groups -OCH3 is 2. The second kappa shape index (κ2) is 17.0. The van der Waals surface area contributed by atoms with Crippen molar-refractivity contribution < 1.29 is 19.1 Å². The maximum Gasteiger partial charge on any atom is 0.228 e. The van der Waals surface area contributed by atoms with Gasteiger partial charge < -0.3 is 9.47 Å². The number of allylic oxidation sites excluding steroid dienone is 10. The van der Waals surface area contributed by atoms with Gasteiger partial charge in [0.1, 0.15) is 0 Å². The van der Waals surface area contributed by atoms with Crippen LogP contribution in [0.4, 0.5) is 0 Å². The zero-order valence-electron chi connectivity index (χ0n) is 20.3. The summed E-state index contributed by atoms with van der Waals surface area (Å²) in [7, 11) is 2.76. The first-order valence-electron chi connectivity index (χ1n) is 11.8. The van der Waals surface area contributed by atoms with E-state index in [9.17, 15) is 9.59 Å². The molecule has 176 valence electrons. The number of carbonyl (C=O) groups excluding carboxylic acids is 2. The minimum Gasteiger partial charge on any atom is -0.489 e. The van der Waals surface area contributed by atoms with Crippen LogP contribution in [0.1, 0.15) is 78.1 Å². The lowest BCUT2D eigenvalue weighted by molar-refractivity contribution is -0.121. The Morgan fingerprint density at radius 2 is 1.12 bits per heavy atom. The molecule has 0 aliphatic heterocycles. The van der Waals surface area contributed by atoms with Crippen molar-refractivity contribution in [3.05, 3.63) is 71.3 Å². The van der Waals surface area contributed by atoms with E-state index in [0.29, 0.717) is 17.6 Å². The molecule has 1 aliphatic rings. The molecule has 0 aromatic heterocycles. The van der Waals surface area contributed by atoms with Crippen molar-refractivity contribution in [3.63, 3.8) is 0 Å². The second-order valence-electron chi connectivity index (χ2n) is 7.81. The summed E-state index contributed by atoms with van der Waals surface area (Å²) in [5.74, 6) is -0.500. The van der Waals surface area contributed by atoms with Crippen molar-refractivity contribution in [2.45, 2.75) is 78.1 Å². The maximum atomic E-state index is 12.6. The lowest BCUT2D eigenvalue weighted by Gasteiger charge is -2.20. The van der Waals surface area contributed by atoms with E-state index < -0.39 is 0 Å². The van der Waals surface area contributed by atoms with Crippen LogP contribution in [0.2, 0.25) is 0 Å². The number of carbonyl (C=O) groups is 2. The summed E-state index contributed by atoms with van der Waals surface area (Å²) < 4.78 is 10.2. The number of rotatable bonds is 16. The molecule has 0 aromatic carbocycles. The topological polar surface area (TPSA) is 52.6 Å². The molecule has 0 atom stereocenters. The fraction of sp³-hybridized carbons (Fsp3) is 0.500. The van der Waals surface area contributed by atoms with Gasteiger partial charge in [0.25, 0.3) is 0 Å². The van der Waals surface area contributed by atoms with E-state index in [0.717, 1.165) is 32.1 Å². The minimum absolute atomic E-state index is 0.000785. The van der Waals surface area contributed by atoms with Gasteiger partial charge in [-0.25, -0.2) is 0 Å². The highest BCUT2D eigenvalue weighted by Crippen LogP contribution is 2.28. The third-order valence-electron chi connectivity index (χ3n) is 5.35. The second-order valence-corrected chi connectivity index (χ2v) is 7.81. The Kier molecular flexibility index (Phi) is 14.6. The van der Waals surface area contributed by atoms with Gasteiger partial charge in [-0.15, -0.1) is 0 Å². The zero-order valence-corrected chi connectivity index (χ0v) is 20.3. The summed E-state index contributed by atoms with van der Waals surface area (Å²) in [4.78, 5) is 24.9. The third kappa shape index (κ3) is 9.67. The molecule has 4 nitrogen and oxygen atoms in total. The predicted molar refractivity (Wildman–Crippen MR) is 132 cm³/mol. The van der Waals surface area contributed by atoms with Crippen LogP contribution in [-0.2, 0) is 19.1 Å². The predicted octanol–water partition coefficient (Wildman–Crippen LogP) is 7.10. The van der Waals surface area contributed by atoms with Crippen LogP contribution in [0, 0.1) is 0 Å². The first-order valence-corrected chi connectivity index (χ1v) is 11.8. The van der Waals surface area contributed by atoms with Gasteiger partial charge in [0.15, 0.2) is 0 Å². The van der Waals surface area contributed by atoms with Crippen molar-refractivity contribution in [3.8, 4) is 0 Å². The SMILES string of the molecule is CCCCCC=CCC=CCC=CCC=CCCCC1=C(C)C(=O)C(OC)=C(OC)C1=O. The molecule has 0 saturated heterocycles. The highest BCUT2D eigenvalue weighted by atomic mass is 16.5. The van der Waals surface area contributed by atoms with Crippen LogP contribution in [0.25, 0.3) is 0 Å². The number of hydrogen-bond donors (Lipinski definition) is 0. The number of ether oxygens (including phenoxy) is 2. The highest BCUT2D eigenvalue weighted by molar-refractivity contribution is 6.23. The fourth-order valence-corrected chi connectivity index (χ4v) is 3.45. The molecule has 1 rings (SSSR count). The summed E-state index contributed by atoms with van der Waals surface area (Å²) in [6.45, 7) is 3.91. The van der Waals surface area contributed by atoms with Crippen molar-refractivity contribution >= 4 is 11.6 Å². The molecule has 0 unspecified atom stereocenters. The summed E-state index contributed by atoms with van der Waals surface area (Å²) in [5, 5.41) is 0. The Bertz CT molecular complexity index is 775. The van der Waals surface area contributed by atoms with Crippen LogP contribution in [0.5, 0.6) is 0 Å². The van der Waals surface area contributed by atoms with Gasteiger partial charge in [-0.05, 0) is 58.3 Å². The van der Waals surface area contributed by atoms with E-state index >= 15 is 0 Å². The quantitative estimate of drug-likeness (QED) is 0.146. The monoisotopic (exact) mass is 440 g/mol. The standard InChI is InChI=1S/C28H40O4/c1-5-6-7-8-9-10-11-12-13-14-15-16-17-18-19-20-21-22-24-23(2)25(29)27(31-3)28(32-4)26(24)30/h9-10,12-13,15-16,18-19H,5-8,11,14,17,20-22H2,1-4H3. The molecule has 0 radical (unpaired) electrons. The largest absolute Gasteiger partial charge is 0.489 e. The van der Waals surface area contributed by atoms with Crippen molar-refractivity contribution in [1.29, 1.82) is 0 Å². The van der Waals surface area contributed by atoms with Gasteiger partial charge in [-0.3, -0.25) is 9.59 Å². The molecule has 0 aromatic rings. The Morgan fingerprint density at radius 1 is 0.656 bits per heavy atom. The van der Waals surface area contributed by atoms with E-state index in [4.69, 9.17) is 9.47 Å². The summed E-state index contributed by atoms with van der Waals surface area (Å²) in [5.41, 5.74) is 0.989. The summed E-state index contributed by atoms with van der Waals surface area (Å²) in [6.07, 6.45) is 27.7. The van der Waals surface area contributed by atoms with Gasteiger partial charge in [0.05, 0.1) is 14.2 Å². The molecule has 0 fully saturated rings. The van der Waals surface area contributed by atoms with Crippen LogP contribution in [0.15, 0.2) is 71.3 Å². The normalized spacial score (nSPS) is 15.5. The minimum atomic E-state index is -0.267. The van der Waals surface area contributed by atoms with Gasteiger partial charge >= 0.3 is 0 Å². The van der Waals surface area contributed by atoms with Gasteiger partial charge in [0, 0.05) is 11.1 Å². The Morgan fingerprint density at radius 3 is 1.62 bits per heavy atom. The number of ketones is 2. The molecule has 0 spiro atoms. The van der Waals surface area contributed by atoms with Gasteiger partial charge in [-0.1, -0.05) is 68.4 Å². The van der Waals surface area contributed by atoms with Crippen molar-refractivity contribution in [1.82, 2.24) is 0 Å². The van der Waals surface area contributed by atoms with Crippen LogP contribution < -0.4 is 0 Å². The van der Waals surface area contributed by atoms with Crippen LogP contribution >= 0.6 is 0 Å². The third-order valence-corrected chi connectivity index (χ3v) is 5.35. The lowest BCUT2D eigenvalue weighted by atomic mass is 9.90. The first-order chi connectivity index (χ1) is 15.6. The van der Waals surface area contributed by atoms with Gasteiger partial charge in [-0.2, -0.15) is 0 Å². The van der Waals surface area contributed by atoms with Crippen molar-refractivity contribution in [2.75, 3.05) is 14.2 Å². The van der Waals surface area contributed by atoms with E-state index in [1.807, 2.05) is 0 Å². The van der Waals surface area contributed by atoms with E-state index in [1.165, 1.54) is 39.9 Å². The molecular weight excluding hydrogens is 400 g/mol. The molecule has 32 heavy (non-hydrogen) atoms. The molecule has 0 heterocycles. The summed E-state index contributed by atoms with van der Waals surface area (Å²) in [6, 6.07) is 0. The van der Waals surface area contributed by atoms with Crippen LogP contribution in [0.3, 0.4) is 0 Å². The fourth-order valence-electron chi connectivity index (χ4n) is 3.45. The number of unbranched alkanes of at least 4 members (excludes halogenated alkanes) is 4. The Balaban J connectivity index is 2.24. The van der Waals surface area contributed by atoms with E-state index in [2.05, 4.69) is 55.5 Å². The smallest absolute Gasteiger partial charge is 0.228 e. The molecule has 0 N–H and O–H groups in total. The van der Waals surface area contributed by atoms with E-state index in [1.54, 1.807) is 6.92 Å². The Hall–Kier alpha value is -2.62. The maximum absolute atomic E-state index is 12.6.